The molecule has 2 amide bonds. The van der Waals surface area contributed by atoms with Gasteiger partial charge >= 0.3 is 0 Å². The number of pyridine rings is 1. The van der Waals surface area contributed by atoms with Crippen LogP contribution in [0.5, 0.6) is 0 Å². The molecule has 104 valence electrons. The summed E-state index contributed by atoms with van der Waals surface area (Å²) in [5.74, 6) is -0.412. The van der Waals surface area contributed by atoms with Crippen LogP contribution in [0.2, 0.25) is 0 Å². The minimum absolute atomic E-state index is 0.174. The van der Waals surface area contributed by atoms with Crippen molar-refractivity contribution in [2.75, 3.05) is 13.1 Å². The number of amides is 2. The van der Waals surface area contributed by atoms with Crippen LogP contribution in [0.15, 0.2) is 18.3 Å². The molecule has 5 nitrogen and oxygen atoms in total. The third-order valence-corrected chi connectivity index (χ3v) is 2.61. The van der Waals surface area contributed by atoms with E-state index in [1.807, 2.05) is 6.92 Å². The molecule has 1 aromatic heterocycles. The Balaban J connectivity index is 2.65. The van der Waals surface area contributed by atoms with Crippen LogP contribution in [0.25, 0.3) is 0 Å². The first-order chi connectivity index (χ1) is 9.19. The maximum absolute atomic E-state index is 11.8. The molecule has 0 fully saturated rings. The first-order valence-corrected chi connectivity index (χ1v) is 6.71. The number of unbranched alkanes of at least 4 members (excludes halogenated alkanes) is 1. The van der Waals surface area contributed by atoms with Crippen molar-refractivity contribution in [3.8, 4) is 0 Å². The van der Waals surface area contributed by atoms with Crippen LogP contribution in [0.4, 0.5) is 0 Å². The predicted octanol–water partition coefficient (Wildman–Crippen LogP) is 1.75. The lowest BCUT2D eigenvalue weighted by molar-refractivity contribution is 0.0948. The molecule has 0 aliphatic rings. The van der Waals surface area contributed by atoms with Crippen LogP contribution in [0.3, 0.4) is 0 Å². The largest absolute Gasteiger partial charge is 0.352 e. The van der Waals surface area contributed by atoms with Gasteiger partial charge in [-0.2, -0.15) is 0 Å². The summed E-state index contributed by atoms with van der Waals surface area (Å²) in [6.07, 6.45) is 4.31. The van der Waals surface area contributed by atoms with E-state index in [2.05, 4.69) is 22.5 Å². The first-order valence-electron chi connectivity index (χ1n) is 6.71. The van der Waals surface area contributed by atoms with Gasteiger partial charge in [0, 0.05) is 24.8 Å². The molecular weight excluding hydrogens is 242 g/mol. The lowest BCUT2D eigenvalue weighted by Crippen LogP contribution is -2.27. The molecule has 0 saturated carbocycles. The van der Waals surface area contributed by atoms with E-state index in [4.69, 9.17) is 0 Å². The molecule has 1 heterocycles. The maximum atomic E-state index is 11.8. The summed E-state index contributed by atoms with van der Waals surface area (Å²) in [4.78, 5) is 27.6. The normalized spacial score (nSPS) is 10.0. The van der Waals surface area contributed by atoms with E-state index in [1.165, 1.54) is 12.3 Å². The number of hydrogen-bond donors (Lipinski definition) is 2. The summed E-state index contributed by atoms with van der Waals surface area (Å²) < 4.78 is 0. The summed E-state index contributed by atoms with van der Waals surface area (Å²) in [5.41, 5.74) is 0.740. The van der Waals surface area contributed by atoms with Crippen LogP contribution in [-0.4, -0.2) is 29.9 Å². The minimum atomic E-state index is -0.237. The second kappa shape index (κ2) is 8.24. The van der Waals surface area contributed by atoms with Crippen molar-refractivity contribution in [2.45, 2.75) is 33.1 Å². The summed E-state index contributed by atoms with van der Waals surface area (Å²) in [6, 6.07) is 3.13. The number of rotatable bonds is 7. The van der Waals surface area contributed by atoms with Gasteiger partial charge < -0.3 is 10.6 Å². The van der Waals surface area contributed by atoms with Crippen molar-refractivity contribution in [1.82, 2.24) is 15.6 Å². The molecule has 0 atom stereocenters. The van der Waals surface area contributed by atoms with Gasteiger partial charge in [-0.3, -0.25) is 14.6 Å². The number of carbonyl (C=O) groups is 2. The SMILES string of the molecule is CCCCNC(=O)c1cc(C(=O)NCCC)ccn1. The highest BCUT2D eigenvalue weighted by molar-refractivity contribution is 5.98. The number of aromatic nitrogens is 1. The zero-order valence-electron chi connectivity index (χ0n) is 11.5. The van der Waals surface area contributed by atoms with Crippen molar-refractivity contribution in [2.24, 2.45) is 0 Å². The van der Waals surface area contributed by atoms with E-state index >= 15 is 0 Å². The Morgan fingerprint density at radius 3 is 2.53 bits per heavy atom. The van der Waals surface area contributed by atoms with Gasteiger partial charge in [0.25, 0.3) is 11.8 Å². The summed E-state index contributed by atoms with van der Waals surface area (Å²) in [7, 11) is 0. The van der Waals surface area contributed by atoms with Crippen molar-refractivity contribution in [3.05, 3.63) is 29.6 Å². The zero-order chi connectivity index (χ0) is 14.1. The fourth-order valence-corrected chi connectivity index (χ4v) is 1.51. The average Bonchev–Trinajstić information content (AvgIpc) is 2.45. The maximum Gasteiger partial charge on any atom is 0.269 e. The quantitative estimate of drug-likeness (QED) is 0.736. The Labute approximate surface area is 113 Å². The lowest BCUT2D eigenvalue weighted by atomic mass is 10.2. The molecule has 2 N–H and O–H groups in total. The van der Waals surface area contributed by atoms with Crippen molar-refractivity contribution < 1.29 is 9.59 Å². The van der Waals surface area contributed by atoms with Crippen LogP contribution >= 0.6 is 0 Å². The Bertz CT molecular complexity index is 432. The third kappa shape index (κ3) is 5.07. The van der Waals surface area contributed by atoms with Gasteiger partial charge in [-0.15, -0.1) is 0 Å². The Morgan fingerprint density at radius 2 is 1.84 bits per heavy atom. The van der Waals surface area contributed by atoms with Gasteiger partial charge in [-0.05, 0) is 25.0 Å². The van der Waals surface area contributed by atoms with Gasteiger partial charge in [0.1, 0.15) is 5.69 Å². The van der Waals surface area contributed by atoms with Crippen molar-refractivity contribution in [3.63, 3.8) is 0 Å². The molecule has 19 heavy (non-hydrogen) atoms. The molecule has 0 aliphatic carbocycles. The number of carbonyl (C=O) groups excluding carboxylic acids is 2. The van der Waals surface area contributed by atoms with Crippen LogP contribution in [0.1, 0.15) is 54.0 Å². The number of nitrogens with one attached hydrogen (secondary N) is 2. The standard InChI is InChI=1S/C14H21N3O2/c1-3-5-8-17-14(19)12-10-11(6-9-15-12)13(18)16-7-4-2/h6,9-10H,3-5,7-8H2,1-2H3,(H,16,18)(H,17,19). The van der Waals surface area contributed by atoms with Gasteiger partial charge in [0.2, 0.25) is 0 Å². The molecule has 5 heteroatoms. The van der Waals surface area contributed by atoms with Crippen LogP contribution in [0, 0.1) is 0 Å². The highest BCUT2D eigenvalue weighted by Crippen LogP contribution is 2.02. The van der Waals surface area contributed by atoms with Crippen molar-refractivity contribution >= 4 is 11.8 Å². The average molecular weight is 263 g/mol. The monoisotopic (exact) mass is 263 g/mol. The second-order valence-electron chi connectivity index (χ2n) is 4.30. The lowest BCUT2D eigenvalue weighted by Gasteiger charge is -2.06. The second-order valence-corrected chi connectivity index (χ2v) is 4.30. The Hall–Kier alpha value is -1.91. The summed E-state index contributed by atoms with van der Waals surface area (Å²) in [5, 5.41) is 5.54. The Kier molecular flexibility index (Phi) is 6.57. The zero-order valence-corrected chi connectivity index (χ0v) is 11.5. The number of hydrogen-bond acceptors (Lipinski definition) is 3. The van der Waals surface area contributed by atoms with Crippen LogP contribution in [-0.2, 0) is 0 Å². The van der Waals surface area contributed by atoms with E-state index in [0.717, 1.165) is 19.3 Å². The molecule has 0 aliphatic heterocycles. The smallest absolute Gasteiger partial charge is 0.269 e. The molecule has 0 aromatic carbocycles. The topological polar surface area (TPSA) is 71.1 Å². The molecule has 1 rings (SSSR count). The molecule has 0 saturated heterocycles. The Morgan fingerprint density at radius 1 is 1.11 bits per heavy atom. The molecule has 0 unspecified atom stereocenters. The highest BCUT2D eigenvalue weighted by Gasteiger charge is 2.10. The molecule has 1 aromatic rings. The minimum Gasteiger partial charge on any atom is -0.352 e. The van der Waals surface area contributed by atoms with Crippen molar-refractivity contribution in [1.29, 1.82) is 0 Å². The molecule has 0 radical (unpaired) electrons. The fourth-order valence-electron chi connectivity index (χ4n) is 1.51. The molecule has 0 bridgehead atoms. The van der Waals surface area contributed by atoms with Crippen LogP contribution < -0.4 is 10.6 Å². The van der Waals surface area contributed by atoms with Gasteiger partial charge in [-0.1, -0.05) is 20.3 Å². The van der Waals surface area contributed by atoms with E-state index in [0.29, 0.717) is 18.7 Å². The molecule has 0 spiro atoms. The summed E-state index contributed by atoms with van der Waals surface area (Å²) in [6.45, 7) is 5.30. The fraction of sp³-hybridized carbons (Fsp3) is 0.500. The summed E-state index contributed by atoms with van der Waals surface area (Å²) >= 11 is 0. The first kappa shape index (κ1) is 15.1. The highest BCUT2D eigenvalue weighted by atomic mass is 16.2. The van der Waals surface area contributed by atoms with E-state index in [-0.39, 0.29) is 17.5 Å². The van der Waals surface area contributed by atoms with Gasteiger partial charge in [-0.25, -0.2) is 0 Å². The van der Waals surface area contributed by atoms with E-state index in [9.17, 15) is 9.59 Å². The predicted molar refractivity (Wildman–Crippen MR) is 74.1 cm³/mol. The number of nitrogens with zero attached hydrogens (tertiary/aromatic N) is 1. The van der Waals surface area contributed by atoms with Gasteiger partial charge in [0.05, 0.1) is 0 Å². The van der Waals surface area contributed by atoms with Gasteiger partial charge in [0.15, 0.2) is 0 Å². The van der Waals surface area contributed by atoms with E-state index in [1.54, 1.807) is 6.07 Å². The van der Waals surface area contributed by atoms with E-state index < -0.39 is 0 Å². The molecular formula is C14H21N3O2. The third-order valence-electron chi connectivity index (χ3n) is 2.61.